The van der Waals surface area contributed by atoms with Gasteiger partial charge in [0.15, 0.2) is 0 Å². The van der Waals surface area contributed by atoms with Gasteiger partial charge in [-0.25, -0.2) is 0 Å². The molecule has 1 N–H and O–H groups in total. The molecule has 0 amide bonds. The summed E-state index contributed by atoms with van der Waals surface area (Å²) in [5.41, 5.74) is 4.11. The van der Waals surface area contributed by atoms with E-state index >= 15 is 0 Å². The van der Waals surface area contributed by atoms with Gasteiger partial charge in [0.25, 0.3) is 0 Å². The minimum absolute atomic E-state index is 0.204. The van der Waals surface area contributed by atoms with Crippen molar-refractivity contribution in [3.05, 3.63) is 64.4 Å². The van der Waals surface area contributed by atoms with Crippen molar-refractivity contribution in [2.45, 2.75) is 51.1 Å². The summed E-state index contributed by atoms with van der Waals surface area (Å²) in [4.78, 5) is 0. The lowest BCUT2D eigenvalue weighted by molar-refractivity contribution is 0.590. The number of rotatable bonds is 3. The zero-order chi connectivity index (χ0) is 17.5. The Labute approximate surface area is 152 Å². The van der Waals surface area contributed by atoms with Crippen LogP contribution in [0.1, 0.15) is 26.3 Å². The smallest absolute Gasteiger partial charge is 0.0771 e. The summed E-state index contributed by atoms with van der Waals surface area (Å²) in [6, 6.07) is 8.90. The maximum Gasteiger partial charge on any atom is 0.0771 e. The molecule has 24 heavy (non-hydrogen) atoms. The first kappa shape index (κ1) is 17.6. The Hall–Kier alpha value is -1.19. The van der Waals surface area contributed by atoms with E-state index in [9.17, 15) is 0 Å². The summed E-state index contributed by atoms with van der Waals surface area (Å²) in [5.74, 6) is 0.490. The predicted octanol–water partition coefficient (Wildman–Crippen LogP) is 6.34. The Morgan fingerprint density at radius 3 is 2.29 bits per heavy atom. The zero-order valence-electron chi connectivity index (χ0n) is 15.7. The molecule has 0 spiro atoms. The third kappa shape index (κ3) is 3.73. The molecule has 0 saturated carbocycles. The molecule has 3 heteroatoms. The normalized spacial score (nSPS) is 23.6. The van der Waals surface area contributed by atoms with E-state index in [-0.39, 0.29) is 5.41 Å². The number of thioether (sulfide) groups is 1. The molecular formula is C21H29NSSi. The Bertz CT molecular complexity index is 699. The van der Waals surface area contributed by atoms with Gasteiger partial charge in [0, 0.05) is 22.6 Å². The number of nitrogens with one attached hydrogen (secondary N) is 1. The molecular weight excluding hydrogens is 326 g/mol. The van der Waals surface area contributed by atoms with Crippen molar-refractivity contribution >= 4 is 25.5 Å². The first-order valence-corrected chi connectivity index (χ1v) is 13.2. The van der Waals surface area contributed by atoms with Crippen molar-refractivity contribution < 1.29 is 0 Å². The van der Waals surface area contributed by atoms with Gasteiger partial charge in [-0.2, -0.15) is 0 Å². The molecule has 0 fully saturated rings. The Kier molecular flexibility index (Phi) is 4.60. The fourth-order valence-electron chi connectivity index (χ4n) is 3.12. The van der Waals surface area contributed by atoms with Crippen LogP contribution in [0.25, 0.3) is 0 Å². The molecule has 2 unspecified atom stereocenters. The highest BCUT2D eigenvalue weighted by Gasteiger charge is 2.32. The van der Waals surface area contributed by atoms with Gasteiger partial charge >= 0.3 is 0 Å². The van der Waals surface area contributed by atoms with E-state index < -0.39 is 8.07 Å². The summed E-state index contributed by atoms with van der Waals surface area (Å²) in [7, 11) is -1.26. The monoisotopic (exact) mass is 355 g/mol. The van der Waals surface area contributed by atoms with Crippen LogP contribution in [0, 0.1) is 5.92 Å². The van der Waals surface area contributed by atoms with Crippen LogP contribution in [0.4, 0.5) is 5.69 Å². The van der Waals surface area contributed by atoms with Gasteiger partial charge in [0.05, 0.1) is 8.07 Å². The van der Waals surface area contributed by atoms with Crippen molar-refractivity contribution in [2.24, 2.45) is 5.92 Å². The largest absolute Gasteiger partial charge is 0.358 e. The fraction of sp³-hybridized carbons (Fsp3) is 0.429. The van der Waals surface area contributed by atoms with Crippen LogP contribution >= 0.6 is 11.8 Å². The molecule has 128 valence electrons. The number of allylic oxidation sites excluding steroid dienone is 3. The molecule has 1 nitrogen and oxygen atoms in total. The maximum absolute atomic E-state index is 3.67. The Balaban J connectivity index is 1.77. The molecule has 1 aromatic carbocycles. The lowest BCUT2D eigenvalue weighted by atomic mass is 9.87. The number of hydrogen-bond acceptors (Lipinski definition) is 2. The lowest BCUT2D eigenvalue weighted by Crippen LogP contribution is -2.28. The first-order chi connectivity index (χ1) is 11.1. The molecule has 0 aromatic heterocycles. The molecule has 3 rings (SSSR count). The van der Waals surface area contributed by atoms with E-state index in [2.05, 4.69) is 93.6 Å². The molecule has 0 bridgehead atoms. The van der Waals surface area contributed by atoms with Crippen LogP contribution in [0.2, 0.25) is 19.6 Å². The van der Waals surface area contributed by atoms with Gasteiger partial charge in [-0.05, 0) is 28.5 Å². The van der Waals surface area contributed by atoms with Crippen LogP contribution < -0.4 is 5.32 Å². The standard InChI is InChI=1S/C21H29NSSi/c1-21(2,3)15-7-9-16(10-8-15)22-19-14-23-20-12-11-17(13-18(19)20)24(4,5)6/h7-14,18,20,22H,1-6H3. The van der Waals surface area contributed by atoms with Gasteiger partial charge in [0.2, 0.25) is 0 Å². The molecule has 2 aliphatic rings. The second-order valence-electron chi connectivity index (χ2n) is 8.88. The quantitative estimate of drug-likeness (QED) is 0.635. The highest BCUT2D eigenvalue weighted by molar-refractivity contribution is 8.03. The van der Waals surface area contributed by atoms with Crippen LogP contribution in [0.15, 0.2) is 58.8 Å². The second kappa shape index (κ2) is 6.27. The Morgan fingerprint density at radius 2 is 1.71 bits per heavy atom. The van der Waals surface area contributed by atoms with Crippen molar-refractivity contribution in [1.29, 1.82) is 0 Å². The number of benzene rings is 1. The lowest BCUT2D eigenvalue weighted by Gasteiger charge is -2.27. The highest BCUT2D eigenvalue weighted by atomic mass is 32.2. The number of fused-ring (bicyclic) bond motifs is 1. The second-order valence-corrected chi connectivity index (χ2v) is 15.0. The van der Waals surface area contributed by atoms with Crippen molar-refractivity contribution in [3.63, 3.8) is 0 Å². The fourth-order valence-corrected chi connectivity index (χ4v) is 5.48. The number of hydrogen-bond donors (Lipinski definition) is 1. The third-order valence-electron chi connectivity index (χ3n) is 4.80. The third-order valence-corrected chi connectivity index (χ3v) is 8.02. The summed E-state index contributed by atoms with van der Waals surface area (Å²) in [6.45, 7) is 14.0. The van der Waals surface area contributed by atoms with Gasteiger partial charge in [-0.1, -0.05) is 76.0 Å². The van der Waals surface area contributed by atoms with Crippen LogP contribution in [0.5, 0.6) is 0 Å². The van der Waals surface area contributed by atoms with E-state index in [1.807, 2.05) is 11.8 Å². The highest BCUT2D eigenvalue weighted by Crippen LogP contribution is 2.42. The van der Waals surface area contributed by atoms with E-state index in [4.69, 9.17) is 0 Å². The van der Waals surface area contributed by atoms with Crippen molar-refractivity contribution in [2.75, 3.05) is 5.32 Å². The van der Waals surface area contributed by atoms with E-state index in [0.29, 0.717) is 11.2 Å². The van der Waals surface area contributed by atoms with E-state index in [0.717, 1.165) is 0 Å². The summed E-state index contributed by atoms with van der Waals surface area (Å²) in [5, 5.41) is 8.10. The first-order valence-electron chi connectivity index (χ1n) is 8.78. The molecule has 1 aromatic rings. The minimum atomic E-state index is -1.26. The maximum atomic E-state index is 3.67. The molecule has 0 saturated heterocycles. The van der Waals surface area contributed by atoms with Crippen LogP contribution in [-0.2, 0) is 5.41 Å². The average Bonchev–Trinajstić information content (AvgIpc) is 2.88. The van der Waals surface area contributed by atoms with E-state index in [1.165, 1.54) is 16.9 Å². The molecule has 0 radical (unpaired) electrons. The van der Waals surface area contributed by atoms with Crippen molar-refractivity contribution in [3.8, 4) is 0 Å². The molecule has 2 atom stereocenters. The van der Waals surface area contributed by atoms with Gasteiger partial charge in [-0.15, -0.1) is 11.8 Å². The number of anilines is 1. The van der Waals surface area contributed by atoms with Crippen LogP contribution in [0.3, 0.4) is 0 Å². The zero-order valence-corrected chi connectivity index (χ0v) is 17.5. The summed E-state index contributed by atoms with van der Waals surface area (Å²) >= 11 is 1.93. The van der Waals surface area contributed by atoms with Crippen molar-refractivity contribution in [1.82, 2.24) is 0 Å². The SMILES string of the molecule is CC(C)(C)c1ccc(NC2=CSC3C=CC([Si](C)(C)C)=CC23)cc1. The van der Waals surface area contributed by atoms with E-state index in [1.54, 1.807) is 5.20 Å². The van der Waals surface area contributed by atoms with Gasteiger partial charge < -0.3 is 5.32 Å². The minimum Gasteiger partial charge on any atom is -0.358 e. The average molecular weight is 356 g/mol. The van der Waals surface area contributed by atoms with Crippen LogP contribution in [-0.4, -0.2) is 13.3 Å². The van der Waals surface area contributed by atoms with Gasteiger partial charge in [-0.3, -0.25) is 0 Å². The topological polar surface area (TPSA) is 12.0 Å². The molecule has 1 aliphatic heterocycles. The van der Waals surface area contributed by atoms with Gasteiger partial charge in [0.1, 0.15) is 0 Å². The molecule has 1 aliphatic carbocycles. The predicted molar refractivity (Wildman–Crippen MR) is 112 cm³/mol. The summed E-state index contributed by atoms with van der Waals surface area (Å²) < 4.78 is 0. The summed E-state index contributed by atoms with van der Waals surface area (Å²) in [6.07, 6.45) is 7.28. The molecule has 1 heterocycles. The Morgan fingerprint density at radius 1 is 1.04 bits per heavy atom.